The van der Waals surface area contributed by atoms with Crippen molar-refractivity contribution >= 4 is 17.7 Å². The van der Waals surface area contributed by atoms with Gasteiger partial charge in [0, 0.05) is 11.8 Å². The predicted molar refractivity (Wildman–Crippen MR) is 73.6 cm³/mol. The normalized spacial score (nSPS) is 12.7. The molecule has 1 rings (SSSR count). The summed E-state index contributed by atoms with van der Waals surface area (Å²) in [5.41, 5.74) is 0. The smallest absolute Gasteiger partial charge is 0.323 e. The first-order valence-corrected chi connectivity index (χ1v) is 7.31. The van der Waals surface area contributed by atoms with E-state index in [0.29, 0.717) is 12.4 Å². The van der Waals surface area contributed by atoms with Crippen molar-refractivity contribution in [2.45, 2.75) is 38.6 Å². The van der Waals surface area contributed by atoms with Crippen LogP contribution in [0.3, 0.4) is 0 Å². The van der Waals surface area contributed by atoms with Crippen LogP contribution in [0.4, 0.5) is 0 Å². The molecule has 0 aliphatic carbocycles. The van der Waals surface area contributed by atoms with Crippen LogP contribution >= 0.6 is 11.8 Å². The summed E-state index contributed by atoms with van der Waals surface area (Å²) >= 11 is 1.66. The number of ether oxygens (including phenoxy) is 1. The van der Waals surface area contributed by atoms with E-state index >= 15 is 0 Å². The molecule has 0 aliphatic heterocycles. The van der Waals surface area contributed by atoms with E-state index in [9.17, 15) is 4.79 Å². The molecule has 0 amide bonds. The minimum Gasteiger partial charge on any atom is -0.468 e. The Balaban J connectivity index is 2.37. The Morgan fingerprint density at radius 3 is 2.89 bits per heavy atom. The molecule has 1 atom stereocenters. The van der Waals surface area contributed by atoms with Gasteiger partial charge < -0.3 is 14.5 Å². The maximum absolute atomic E-state index is 11.7. The van der Waals surface area contributed by atoms with Crippen molar-refractivity contribution in [3.8, 4) is 0 Å². The van der Waals surface area contributed by atoms with Crippen molar-refractivity contribution < 1.29 is 13.9 Å². The Bertz CT molecular complexity index is 338. The van der Waals surface area contributed by atoms with Gasteiger partial charge in [-0.3, -0.25) is 4.79 Å². The van der Waals surface area contributed by atoms with Gasteiger partial charge >= 0.3 is 5.97 Å². The number of thioether (sulfide) groups is 1. The lowest BCUT2D eigenvalue weighted by molar-refractivity contribution is -0.145. The molecule has 1 heterocycles. The Hall–Kier alpha value is -0.940. The van der Waals surface area contributed by atoms with Crippen LogP contribution in [0, 0.1) is 0 Å². The average Bonchev–Trinajstić information content (AvgIpc) is 2.80. The summed E-state index contributed by atoms with van der Waals surface area (Å²) in [7, 11) is 0. The summed E-state index contributed by atoms with van der Waals surface area (Å²) in [4.78, 5) is 11.7. The van der Waals surface area contributed by atoms with Crippen molar-refractivity contribution in [1.29, 1.82) is 0 Å². The monoisotopic (exact) mass is 271 g/mol. The highest BCUT2D eigenvalue weighted by atomic mass is 32.2. The van der Waals surface area contributed by atoms with Crippen LogP contribution in [0.1, 0.15) is 26.5 Å². The van der Waals surface area contributed by atoms with Gasteiger partial charge in [0.1, 0.15) is 11.8 Å². The first kappa shape index (κ1) is 15.1. The van der Waals surface area contributed by atoms with E-state index < -0.39 is 0 Å². The van der Waals surface area contributed by atoms with Crippen LogP contribution in [0.5, 0.6) is 0 Å². The van der Waals surface area contributed by atoms with Gasteiger partial charge in [0.25, 0.3) is 0 Å². The second-order valence-electron chi connectivity index (χ2n) is 4.22. The Kier molecular flexibility index (Phi) is 6.90. The van der Waals surface area contributed by atoms with E-state index in [0.717, 1.165) is 11.5 Å². The molecule has 0 fully saturated rings. The van der Waals surface area contributed by atoms with Gasteiger partial charge in [-0.15, -0.1) is 0 Å². The maximum atomic E-state index is 11.7. The minimum atomic E-state index is -0.259. The number of nitrogens with one attached hydrogen (secondary N) is 1. The first-order chi connectivity index (χ1) is 8.63. The molecule has 102 valence electrons. The highest BCUT2D eigenvalue weighted by Crippen LogP contribution is 2.14. The Labute approximate surface area is 112 Å². The summed E-state index contributed by atoms with van der Waals surface area (Å²) in [6.07, 6.45) is 1.66. The molecular weight excluding hydrogens is 250 g/mol. The third-order valence-electron chi connectivity index (χ3n) is 2.21. The first-order valence-electron chi connectivity index (χ1n) is 6.16. The molecule has 0 aromatic carbocycles. The lowest BCUT2D eigenvalue weighted by Crippen LogP contribution is -2.43. The zero-order valence-electron chi connectivity index (χ0n) is 11.1. The van der Waals surface area contributed by atoms with Crippen LogP contribution in [0.15, 0.2) is 22.8 Å². The van der Waals surface area contributed by atoms with Crippen molar-refractivity contribution in [2.24, 2.45) is 0 Å². The molecule has 1 unspecified atom stereocenters. The SMILES string of the molecule is CCOC(=O)C(CSCc1ccco1)NC(C)C. The molecule has 5 heteroatoms. The standard InChI is InChI=1S/C13H21NO3S/c1-4-16-13(15)12(14-10(2)3)9-18-8-11-6-5-7-17-11/h5-7,10,12,14H,4,8-9H2,1-3H3. The molecule has 0 saturated carbocycles. The number of carbonyl (C=O) groups excluding carboxylic acids is 1. The third kappa shape index (κ3) is 5.60. The molecule has 0 radical (unpaired) electrons. The summed E-state index contributed by atoms with van der Waals surface area (Å²) < 4.78 is 10.3. The van der Waals surface area contributed by atoms with Crippen LogP contribution in [-0.4, -0.2) is 30.4 Å². The van der Waals surface area contributed by atoms with Gasteiger partial charge in [-0.05, 0) is 19.1 Å². The van der Waals surface area contributed by atoms with Gasteiger partial charge in [0.15, 0.2) is 0 Å². The summed E-state index contributed by atoms with van der Waals surface area (Å²) in [6, 6.07) is 3.79. The van der Waals surface area contributed by atoms with Gasteiger partial charge in [0.05, 0.1) is 18.6 Å². The molecule has 4 nitrogen and oxygen atoms in total. The highest BCUT2D eigenvalue weighted by molar-refractivity contribution is 7.98. The predicted octanol–water partition coefficient (Wildman–Crippen LogP) is 2.44. The van der Waals surface area contributed by atoms with E-state index in [-0.39, 0.29) is 18.1 Å². The molecular formula is C13H21NO3S. The Morgan fingerprint density at radius 2 is 2.33 bits per heavy atom. The molecule has 1 N–H and O–H groups in total. The fourth-order valence-corrected chi connectivity index (χ4v) is 2.45. The van der Waals surface area contributed by atoms with Crippen LogP contribution in [0.25, 0.3) is 0 Å². The molecule has 18 heavy (non-hydrogen) atoms. The summed E-state index contributed by atoms with van der Waals surface area (Å²) in [6.45, 7) is 6.27. The number of carbonyl (C=O) groups is 1. The van der Waals surface area contributed by atoms with Crippen LogP contribution in [0.2, 0.25) is 0 Å². The topological polar surface area (TPSA) is 51.5 Å². The minimum absolute atomic E-state index is 0.182. The maximum Gasteiger partial charge on any atom is 0.323 e. The lowest BCUT2D eigenvalue weighted by atomic mass is 10.3. The van der Waals surface area contributed by atoms with Crippen LogP contribution < -0.4 is 5.32 Å². The van der Waals surface area contributed by atoms with Crippen molar-refractivity contribution in [2.75, 3.05) is 12.4 Å². The number of hydrogen-bond acceptors (Lipinski definition) is 5. The summed E-state index contributed by atoms with van der Waals surface area (Å²) in [5.74, 6) is 2.19. The highest BCUT2D eigenvalue weighted by Gasteiger charge is 2.20. The zero-order valence-corrected chi connectivity index (χ0v) is 12.0. The van der Waals surface area contributed by atoms with Gasteiger partial charge in [-0.2, -0.15) is 11.8 Å². The number of furan rings is 1. The van der Waals surface area contributed by atoms with E-state index in [4.69, 9.17) is 9.15 Å². The van der Waals surface area contributed by atoms with Crippen molar-refractivity contribution in [3.05, 3.63) is 24.2 Å². The number of esters is 1. The van der Waals surface area contributed by atoms with Gasteiger partial charge in [0.2, 0.25) is 0 Å². The fourth-order valence-electron chi connectivity index (χ4n) is 1.50. The van der Waals surface area contributed by atoms with Crippen molar-refractivity contribution in [1.82, 2.24) is 5.32 Å². The second-order valence-corrected chi connectivity index (χ2v) is 5.25. The molecule has 0 aliphatic rings. The van der Waals surface area contributed by atoms with Gasteiger partial charge in [-0.1, -0.05) is 13.8 Å². The zero-order chi connectivity index (χ0) is 13.4. The fraction of sp³-hybridized carbons (Fsp3) is 0.615. The molecule has 1 aromatic heterocycles. The number of rotatable bonds is 8. The van der Waals surface area contributed by atoms with Crippen LogP contribution in [-0.2, 0) is 15.3 Å². The van der Waals surface area contributed by atoms with E-state index in [1.54, 1.807) is 18.0 Å². The molecule has 0 saturated heterocycles. The summed E-state index contributed by atoms with van der Waals surface area (Å²) in [5, 5.41) is 3.22. The average molecular weight is 271 g/mol. The van der Waals surface area contributed by atoms with E-state index in [1.165, 1.54) is 0 Å². The molecule has 1 aromatic rings. The quantitative estimate of drug-likeness (QED) is 0.736. The lowest BCUT2D eigenvalue weighted by Gasteiger charge is -2.19. The van der Waals surface area contributed by atoms with Gasteiger partial charge in [-0.25, -0.2) is 0 Å². The third-order valence-corrected chi connectivity index (χ3v) is 3.27. The van der Waals surface area contributed by atoms with E-state index in [2.05, 4.69) is 5.32 Å². The van der Waals surface area contributed by atoms with E-state index in [1.807, 2.05) is 32.9 Å². The Morgan fingerprint density at radius 1 is 1.56 bits per heavy atom. The largest absolute Gasteiger partial charge is 0.468 e. The van der Waals surface area contributed by atoms with Crippen molar-refractivity contribution in [3.63, 3.8) is 0 Å². The number of hydrogen-bond donors (Lipinski definition) is 1. The second kappa shape index (κ2) is 8.21. The molecule has 0 bridgehead atoms. The molecule has 0 spiro atoms.